The van der Waals surface area contributed by atoms with Gasteiger partial charge < -0.3 is 9.64 Å². The molecule has 0 aliphatic carbocycles. The highest BCUT2D eigenvalue weighted by molar-refractivity contribution is 5.80. The summed E-state index contributed by atoms with van der Waals surface area (Å²) in [4.78, 5) is 27.6. The third kappa shape index (κ3) is 4.70. The number of nitrogens with zero attached hydrogens (tertiary/aromatic N) is 2. The van der Waals surface area contributed by atoms with Crippen LogP contribution in [-0.4, -0.2) is 54.8 Å². The molecule has 1 heterocycles. The van der Waals surface area contributed by atoms with E-state index < -0.39 is 0 Å². The van der Waals surface area contributed by atoms with E-state index in [1.165, 1.54) is 11.1 Å². The van der Waals surface area contributed by atoms with Gasteiger partial charge in [-0.3, -0.25) is 14.5 Å². The number of hydrogen-bond acceptors (Lipinski definition) is 4. The van der Waals surface area contributed by atoms with Crippen molar-refractivity contribution in [2.45, 2.75) is 13.5 Å². The first-order valence-electron chi connectivity index (χ1n) is 8.88. The number of hydrogen-bond donors (Lipinski definition) is 0. The molecule has 1 aliphatic rings. The van der Waals surface area contributed by atoms with Crippen LogP contribution in [0, 0.1) is 6.92 Å². The average molecular weight is 352 g/mol. The highest BCUT2D eigenvalue weighted by Crippen LogP contribution is 2.16. The van der Waals surface area contributed by atoms with Crippen molar-refractivity contribution in [3.63, 3.8) is 0 Å². The molecule has 0 saturated carbocycles. The molecule has 0 N–H and O–H groups in total. The number of aldehydes is 1. The zero-order chi connectivity index (χ0) is 18.4. The van der Waals surface area contributed by atoms with Gasteiger partial charge in [0.25, 0.3) is 5.91 Å². The van der Waals surface area contributed by atoms with E-state index in [1.807, 2.05) is 4.90 Å². The van der Waals surface area contributed by atoms with Crippen LogP contribution in [-0.2, 0) is 11.3 Å². The summed E-state index contributed by atoms with van der Waals surface area (Å²) in [5.41, 5.74) is 3.03. The van der Waals surface area contributed by atoms with Crippen molar-refractivity contribution in [2.75, 3.05) is 32.8 Å². The Hall–Kier alpha value is -2.66. The Morgan fingerprint density at radius 2 is 1.85 bits per heavy atom. The van der Waals surface area contributed by atoms with Crippen molar-refractivity contribution in [1.82, 2.24) is 9.80 Å². The second-order valence-electron chi connectivity index (χ2n) is 6.59. The van der Waals surface area contributed by atoms with Gasteiger partial charge in [0, 0.05) is 32.7 Å². The Morgan fingerprint density at radius 3 is 2.58 bits per heavy atom. The number of benzene rings is 2. The normalized spacial score (nSPS) is 14.9. The first-order chi connectivity index (χ1) is 12.7. The molecule has 5 nitrogen and oxygen atoms in total. The molecule has 0 atom stereocenters. The molecule has 1 fully saturated rings. The van der Waals surface area contributed by atoms with Gasteiger partial charge in [0.2, 0.25) is 0 Å². The summed E-state index contributed by atoms with van der Waals surface area (Å²) in [6.45, 7) is 6.07. The van der Waals surface area contributed by atoms with Crippen molar-refractivity contribution in [1.29, 1.82) is 0 Å². The lowest BCUT2D eigenvalue weighted by Gasteiger charge is -2.34. The predicted molar refractivity (Wildman–Crippen MR) is 100 cm³/mol. The molecule has 0 radical (unpaired) electrons. The van der Waals surface area contributed by atoms with Crippen LogP contribution in [0.2, 0.25) is 0 Å². The largest absolute Gasteiger partial charge is 0.483 e. The summed E-state index contributed by atoms with van der Waals surface area (Å²) in [5.74, 6) is 0.412. The van der Waals surface area contributed by atoms with Crippen LogP contribution in [0.15, 0.2) is 48.5 Å². The molecule has 2 aromatic rings. The molecule has 1 saturated heterocycles. The molecule has 0 bridgehead atoms. The van der Waals surface area contributed by atoms with Crippen LogP contribution in [0.1, 0.15) is 21.5 Å². The molecule has 136 valence electrons. The van der Waals surface area contributed by atoms with E-state index in [2.05, 4.69) is 36.1 Å². The number of para-hydroxylation sites is 1. The minimum Gasteiger partial charge on any atom is -0.483 e. The van der Waals surface area contributed by atoms with Crippen molar-refractivity contribution in [2.24, 2.45) is 0 Å². The van der Waals surface area contributed by atoms with Gasteiger partial charge >= 0.3 is 0 Å². The number of amides is 1. The van der Waals surface area contributed by atoms with E-state index in [1.54, 1.807) is 24.3 Å². The summed E-state index contributed by atoms with van der Waals surface area (Å²) in [6, 6.07) is 15.5. The lowest BCUT2D eigenvalue weighted by molar-refractivity contribution is -0.135. The highest BCUT2D eigenvalue weighted by atomic mass is 16.5. The van der Waals surface area contributed by atoms with Crippen LogP contribution in [0.4, 0.5) is 0 Å². The van der Waals surface area contributed by atoms with Gasteiger partial charge in [-0.05, 0) is 24.6 Å². The Balaban J connectivity index is 1.47. The molecular weight excluding hydrogens is 328 g/mol. The molecule has 3 rings (SSSR count). The molecular formula is C21H24N2O3. The van der Waals surface area contributed by atoms with Crippen molar-refractivity contribution in [3.05, 3.63) is 65.2 Å². The number of ether oxygens (including phenoxy) is 1. The van der Waals surface area contributed by atoms with E-state index in [9.17, 15) is 9.59 Å². The van der Waals surface area contributed by atoms with Crippen LogP contribution >= 0.6 is 0 Å². The molecule has 26 heavy (non-hydrogen) atoms. The average Bonchev–Trinajstić information content (AvgIpc) is 2.67. The number of rotatable bonds is 6. The molecule has 1 amide bonds. The van der Waals surface area contributed by atoms with E-state index in [-0.39, 0.29) is 12.5 Å². The Bertz CT molecular complexity index is 767. The van der Waals surface area contributed by atoms with Gasteiger partial charge in [0.15, 0.2) is 12.9 Å². The quantitative estimate of drug-likeness (QED) is 0.750. The van der Waals surface area contributed by atoms with Crippen LogP contribution < -0.4 is 4.74 Å². The van der Waals surface area contributed by atoms with Crippen LogP contribution in [0.3, 0.4) is 0 Å². The second kappa shape index (κ2) is 8.63. The highest BCUT2D eigenvalue weighted by Gasteiger charge is 2.21. The minimum atomic E-state index is -0.0408. The lowest BCUT2D eigenvalue weighted by atomic mass is 10.1. The van der Waals surface area contributed by atoms with E-state index in [0.717, 1.165) is 25.9 Å². The SMILES string of the molecule is Cc1cccc(CN2CCN(C(=O)COc3ccccc3C=O)CC2)c1. The first kappa shape index (κ1) is 18.1. The summed E-state index contributed by atoms with van der Waals surface area (Å²) in [6.07, 6.45) is 0.740. The number of carbonyl (C=O) groups excluding carboxylic acids is 2. The van der Waals surface area contributed by atoms with Crippen molar-refractivity contribution in [3.8, 4) is 5.75 Å². The number of carbonyl (C=O) groups is 2. The minimum absolute atomic E-state index is 0.0390. The molecule has 0 spiro atoms. The summed E-state index contributed by atoms with van der Waals surface area (Å²) >= 11 is 0. The van der Waals surface area contributed by atoms with Crippen molar-refractivity contribution < 1.29 is 14.3 Å². The monoisotopic (exact) mass is 352 g/mol. The Labute approximate surface area is 154 Å². The fourth-order valence-corrected chi connectivity index (χ4v) is 3.16. The van der Waals surface area contributed by atoms with E-state index >= 15 is 0 Å². The lowest BCUT2D eigenvalue weighted by Crippen LogP contribution is -2.49. The fourth-order valence-electron chi connectivity index (χ4n) is 3.16. The predicted octanol–water partition coefficient (Wildman–Crippen LogP) is 2.53. The first-order valence-corrected chi connectivity index (χ1v) is 8.88. The van der Waals surface area contributed by atoms with Gasteiger partial charge in [-0.1, -0.05) is 42.0 Å². The Morgan fingerprint density at radius 1 is 1.08 bits per heavy atom. The van der Waals surface area contributed by atoms with Crippen LogP contribution in [0.5, 0.6) is 5.75 Å². The zero-order valence-electron chi connectivity index (χ0n) is 15.1. The summed E-state index contributed by atoms with van der Waals surface area (Å²) in [7, 11) is 0. The summed E-state index contributed by atoms with van der Waals surface area (Å²) in [5, 5.41) is 0. The number of piperazine rings is 1. The molecule has 0 unspecified atom stereocenters. The van der Waals surface area contributed by atoms with Gasteiger partial charge in [-0.25, -0.2) is 0 Å². The van der Waals surface area contributed by atoms with Gasteiger partial charge in [-0.2, -0.15) is 0 Å². The smallest absolute Gasteiger partial charge is 0.260 e. The van der Waals surface area contributed by atoms with Crippen LogP contribution in [0.25, 0.3) is 0 Å². The molecule has 1 aliphatic heterocycles. The third-order valence-corrected chi connectivity index (χ3v) is 4.61. The number of aryl methyl sites for hydroxylation is 1. The second-order valence-corrected chi connectivity index (χ2v) is 6.59. The maximum absolute atomic E-state index is 12.4. The van der Waals surface area contributed by atoms with E-state index in [0.29, 0.717) is 24.4 Å². The standard InChI is InChI=1S/C21H24N2O3/c1-17-5-4-6-18(13-17)14-22-9-11-23(12-10-22)21(25)16-26-20-8-3-2-7-19(20)15-24/h2-8,13,15H,9-12,14,16H2,1H3. The van der Waals surface area contributed by atoms with Gasteiger partial charge in [0.1, 0.15) is 5.75 Å². The Kier molecular flexibility index (Phi) is 6.02. The van der Waals surface area contributed by atoms with E-state index in [4.69, 9.17) is 4.74 Å². The topological polar surface area (TPSA) is 49.9 Å². The maximum atomic E-state index is 12.4. The van der Waals surface area contributed by atoms with Crippen molar-refractivity contribution >= 4 is 12.2 Å². The van der Waals surface area contributed by atoms with Gasteiger partial charge in [-0.15, -0.1) is 0 Å². The fraction of sp³-hybridized carbons (Fsp3) is 0.333. The maximum Gasteiger partial charge on any atom is 0.260 e. The zero-order valence-corrected chi connectivity index (χ0v) is 15.1. The molecule has 0 aromatic heterocycles. The third-order valence-electron chi connectivity index (χ3n) is 4.61. The molecule has 2 aromatic carbocycles. The summed E-state index contributed by atoms with van der Waals surface area (Å²) < 4.78 is 5.54. The van der Waals surface area contributed by atoms with Gasteiger partial charge in [0.05, 0.1) is 5.56 Å². The molecule has 5 heteroatoms.